The molecule has 0 bridgehead atoms. The van der Waals surface area contributed by atoms with E-state index in [9.17, 15) is 24.3 Å². The lowest BCUT2D eigenvalue weighted by Crippen LogP contribution is -2.49. The standard InChI is InChI=1S/C39H47N3O8/c1-4-15-32(25-35(44)42(23-24-43)26-29-17-9-6-10-18-29)37(45)40-34(28-48-3)36(31-21-13-8-14-22-31)50-38(46)33(16-5-2)41-39(47)49-27-30-19-11-7-12-20-30/h4-14,17-22,32-34,36,43H,1-2,15-16,23-28H2,3H3,(H,40,45)(H,41,47). The Labute approximate surface area is 293 Å². The number of amides is 3. The average Bonchev–Trinajstić information content (AvgIpc) is 3.13. The van der Waals surface area contributed by atoms with Gasteiger partial charge in [0.25, 0.3) is 0 Å². The van der Waals surface area contributed by atoms with Crippen molar-refractivity contribution in [2.24, 2.45) is 5.92 Å². The molecule has 11 heteroatoms. The zero-order valence-electron chi connectivity index (χ0n) is 28.4. The Hall–Kier alpha value is -5.26. The highest BCUT2D eigenvalue weighted by atomic mass is 16.6. The van der Waals surface area contributed by atoms with Gasteiger partial charge in [-0.2, -0.15) is 0 Å². The van der Waals surface area contributed by atoms with Crippen LogP contribution in [0.4, 0.5) is 4.79 Å². The van der Waals surface area contributed by atoms with Crippen molar-refractivity contribution in [1.82, 2.24) is 15.5 Å². The van der Waals surface area contributed by atoms with E-state index < -0.39 is 42.1 Å². The number of nitrogens with one attached hydrogen (secondary N) is 2. The molecule has 0 aliphatic heterocycles. The van der Waals surface area contributed by atoms with Crippen LogP contribution in [0.25, 0.3) is 0 Å². The van der Waals surface area contributed by atoms with Crippen LogP contribution in [0.3, 0.4) is 0 Å². The fraction of sp³-hybridized carbons (Fsp3) is 0.333. The third-order valence-electron chi connectivity index (χ3n) is 7.78. The highest BCUT2D eigenvalue weighted by molar-refractivity contribution is 5.86. The molecule has 3 aromatic rings. The van der Waals surface area contributed by atoms with E-state index in [4.69, 9.17) is 14.2 Å². The highest BCUT2D eigenvalue weighted by Gasteiger charge is 2.34. The van der Waals surface area contributed by atoms with E-state index in [1.54, 1.807) is 36.4 Å². The zero-order chi connectivity index (χ0) is 36.1. The van der Waals surface area contributed by atoms with E-state index in [2.05, 4.69) is 23.8 Å². The lowest BCUT2D eigenvalue weighted by atomic mass is 9.97. The molecule has 4 atom stereocenters. The molecule has 0 radical (unpaired) electrons. The van der Waals surface area contributed by atoms with Gasteiger partial charge in [-0.05, 0) is 29.5 Å². The summed E-state index contributed by atoms with van der Waals surface area (Å²) in [7, 11) is 1.45. The van der Waals surface area contributed by atoms with Gasteiger partial charge in [0.05, 0.1) is 25.2 Å². The number of allylic oxidation sites excluding steroid dienone is 1. The van der Waals surface area contributed by atoms with E-state index in [1.165, 1.54) is 18.1 Å². The second-order valence-electron chi connectivity index (χ2n) is 11.6. The molecule has 0 aliphatic carbocycles. The lowest BCUT2D eigenvalue weighted by molar-refractivity contribution is -0.155. The van der Waals surface area contributed by atoms with Gasteiger partial charge < -0.3 is 34.9 Å². The van der Waals surface area contributed by atoms with E-state index in [-0.39, 0.29) is 58.1 Å². The number of ether oxygens (including phenoxy) is 3. The quantitative estimate of drug-likeness (QED) is 0.106. The van der Waals surface area contributed by atoms with Crippen molar-refractivity contribution in [2.75, 3.05) is 26.9 Å². The van der Waals surface area contributed by atoms with Gasteiger partial charge in [-0.25, -0.2) is 9.59 Å². The fourth-order valence-corrected chi connectivity index (χ4v) is 5.25. The Morgan fingerprint density at radius 1 is 0.840 bits per heavy atom. The molecular formula is C39H47N3O8. The lowest BCUT2D eigenvalue weighted by Gasteiger charge is -2.31. The van der Waals surface area contributed by atoms with Crippen molar-refractivity contribution in [2.45, 2.75) is 50.6 Å². The minimum atomic E-state index is -1.13. The topological polar surface area (TPSA) is 144 Å². The van der Waals surface area contributed by atoms with Gasteiger partial charge in [0.15, 0.2) is 0 Å². The third kappa shape index (κ3) is 13.0. The number of aliphatic hydroxyl groups is 1. The monoisotopic (exact) mass is 685 g/mol. The largest absolute Gasteiger partial charge is 0.454 e. The van der Waals surface area contributed by atoms with Gasteiger partial charge in [0.1, 0.15) is 18.8 Å². The van der Waals surface area contributed by atoms with Gasteiger partial charge in [-0.15, -0.1) is 13.2 Å². The first-order chi connectivity index (χ1) is 24.3. The number of carbonyl (C=O) groups excluding carboxylic acids is 4. The van der Waals surface area contributed by atoms with Gasteiger partial charge in [-0.1, -0.05) is 103 Å². The first kappa shape index (κ1) is 39.2. The normalized spacial score (nSPS) is 13.1. The number of methoxy groups -OCH3 is 1. The van der Waals surface area contributed by atoms with Crippen LogP contribution in [0.2, 0.25) is 0 Å². The Balaban J connectivity index is 1.78. The van der Waals surface area contributed by atoms with E-state index in [0.717, 1.165) is 11.1 Å². The SMILES string of the molecule is C=CCC(CC(=O)N(CCO)Cc1ccccc1)C(=O)NC(COC)C(OC(=O)C(CC=C)NC(=O)OCc1ccccc1)c1ccccc1. The molecule has 50 heavy (non-hydrogen) atoms. The number of esters is 1. The van der Waals surface area contributed by atoms with Gasteiger partial charge >= 0.3 is 12.1 Å². The summed E-state index contributed by atoms with van der Waals surface area (Å²) in [5.41, 5.74) is 2.24. The Morgan fingerprint density at radius 3 is 2.02 bits per heavy atom. The van der Waals surface area contributed by atoms with Crippen molar-refractivity contribution in [1.29, 1.82) is 0 Å². The molecule has 4 unspecified atom stereocenters. The zero-order valence-corrected chi connectivity index (χ0v) is 28.4. The van der Waals surface area contributed by atoms with Gasteiger partial charge in [-0.3, -0.25) is 9.59 Å². The summed E-state index contributed by atoms with van der Waals surface area (Å²) >= 11 is 0. The molecule has 266 valence electrons. The molecule has 0 spiro atoms. The minimum absolute atomic E-state index is 0.00943. The van der Waals surface area contributed by atoms with Crippen molar-refractivity contribution < 1.29 is 38.5 Å². The smallest absolute Gasteiger partial charge is 0.408 e. The van der Waals surface area contributed by atoms with Gasteiger partial charge in [0, 0.05) is 26.6 Å². The predicted molar refractivity (Wildman–Crippen MR) is 189 cm³/mol. The number of rotatable bonds is 21. The van der Waals surface area contributed by atoms with Crippen LogP contribution in [0.5, 0.6) is 0 Å². The van der Waals surface area contributed by atoms with E-state index in [1.807, 2.05) is 60.7 Å². The highest BCUT2D eigenvalue weighted by Crippen LogP contribution is 2.25. The van der Waals surface area contributed by atoms with Crippen LogP contribution in [0.1, 0.15) is 42.1 Å². The van der Waals surface area contributed by atoms with Crippen LogP contribution in [0, 0.1) is 5.92 Å². The molecule has 0 heterocycles. The van der Waals surface area contributed by atoms with Crippen molar-refractivity contribution in [3.8, 4) is 0 Å². The van der Waals surface area contributed by atoms with Crippen LogP contribution in [0.15, 0.2) is 116 Å². The maximum Gasteiger partial charge on any atom is 0.408 e. The first-order valence-corrected chi connectivity index (χ1v) is 16.5. The molecule has 0 saturated heterocycles. The van der Waals surface area contributed by atoms with Crippen LogP contribution < -0.4 is 10.6 Å². The number of hydrogen-bond donors (Lipinski definition) is 3. The van der Waals surface area contributed by atoms with Crippen molar-refractivity contribution >= 4 is 23.9 Å². The third-order valence-corrected chi connectivity index (χ3v) is 7.78. The number of benzene rings is 3. The van der Waals surface area contributed by atoms with Crippen LogP contribution in [-0.2, 0) is 41.7 Å². The van der Waals surface area contributed by atoms with E-state index >= 15 is 0 Å². The average molecular weight is 686 g/mol. The summed E-state index contributed by atoms with van der Waals surface area (Å²) in [6, 6.07) is 25.3. The number of alkyl carbamates (subject to hydrolysis) is 1. The van der Waals surface area contributed by atoms with Crippen molar-refractivity contribution in [3.05, 3.63) is 133 Å². The minimum Gasteiger partial charge on any atom is -0.454 e. The molecule has 3 amide bonds. The molecule has 11 nitrogen and oxygen atoms in total. The molecule has 0 aliphatic rings. The van der Waals surface area contributed by atoms with Gasteiger partial charge in [0.2, 0.25) is 11.8 Å². The number of nitrogens with zero attached hydrogens (tertiary/aromatic N) is 1. The fourth-order valence-electron chi connectivity index (χ4n) is 5.25. The van der Waals surface area contributed by atoms with E-state index in [0.29, 0.717) is 5.56 Å². The Morgan fingerprint density at radius 2 is 1.44 bits per heavy atom. The summed E-state index contributed by atoms with van der Waals surface area (Å²) in [4.78, 5) is 55.0. The maximum atomic E-state index is 13.8. The molecular weight excluding hydrogens is 638 g/mol. The number of hydrogen-bond acceptors (Lipinski definition) is 8. The molecule has 3 N–H and O–H groups in total. The summed E-state index contributed by atoms with van der Waals surface area (Å²) in [6.07, 6.45) is 1.30. The van der Waals surface area contributed by atoms with Crippen molar-refractivity contribution in [3.63, 3.8) is 0 Å². The molecule has 0 aromatic heterocycles. The first-order valence-electron chi connectivity index (χ1n) is 16.5. The summed E-state index contributed by atoms with van der Waals surface area (Å²) in [5, 5.41) is 15.1. The van der Waals surface area contributed by atoms with Crippen LogP contribution >= 0.6 is 0 Å². The summed E-state index contributed by atoms with van der Waals surface area (Å²) in [6.45, 7) is 7.59. The maximum absolute atomic E-state index is 13.8. The van der Waals surface area contributed by atoms with Crippen LogP contribution in [-0.4, -0.2) is 72.8 Å². The molecule has 0 fully saturated rings. The second kappa shape index (κ2) is 21.7. The Bertz CT molecular complexity index is 1500. The number of carbonyl (C=O) groups is 4. The molecule has 0 saturated carbocycles. The Kier molecular flexibility index (Phi) is 17.0. The summed E-state index contributed by atoms with van der Waals surface area (Å²) < 4.78 is 16.8. The molecule has 3 aromatic carbocycles. The second-order valence-corrected chi connectivity index (χ2v) is 11.6. The molecule has 3 rings (SSSR count). The number of aliphatic hydroxyl groups excluding tert-OH is 1. The predicted octanol–water partition coefficient (Wildman–Crippen LogP) is 4.88. The summed E-state index contributed by atoms with van der Waals surface area (Å²) in [5.74, 6) is -2.36.